The zero-order valence-corrected chi connectivity index (χ0v) is 20.4. The molecule has 3 rings (SSSR count). The summed E-state index contributed by atoms with van der Waals surface area (Å²) in [5.74, 6) is 3.20. The number of aromatic nitrogens is 2. The van der Waals surface area contributed by atoms with Crippen molar-refractivity contribution in [3.8, 4) is 0 Å². The van der Waals surface area contributed by atoms with E-state index in [0.717, 1.165) is 37.4 Å². The molecule has 1 aromatic rings. The highest BCUT2D eigenvalue weighted by atomic mass is 127. The zero-order valence-electron chi connectivity index (χ0n) is 18.0. The Hall–Kier alpha value is -0.830. The summed E-state index contributed by atoms with van der Waals surface area (Å²) in [6, 6.07) is 0.469. The summed E-state index contributed by atoms with van der Waals surface area (Å²) in [6.07, 6.45) is 9.76. The standard InChI is InChI=1S/C21H38N6.HI/c1-17(2)13-25-9-5-6-19(14-25)12-24-21(22-4)26-10-7-18(3)20(15-26)27-11-8-23-16-27;/h8,11,16-20H,5-7,9-10,12-15H2,1-4H3,(H,22,24);1H. The molecular formula is C21H39IN6. The lowest BCUT2D eigenvalue weighted by molar-refractivity contribution is 0.157. The fraction of sp³-hybridized carbons (Fsp3) is 0.810. The number of aliphatic imine (C=N–C) groups is 1. The molecule has 0 spiro atoms. The van der Waals surface area contributed by atoms with Crippen molar-refractivity contribution < 1.29 is 0 Å². The van der Waals surface area contributed by atoms with Gasteiger partial charge in [-0.1, -0.05) is 20.8 Å². The highest BCUT2D eigenvalue weighted by molar-refractivity contribution is 14.0. The van der Waals surface area contributed by atoms with Crippen LogP contribution in [0.25, 0.3) is 0 Å². The second-order valence-corrected chi connectivity index (χ2v) is 8.88. The summed E-state index contributed by atoms with van der Waals surface area (Å²) < 4.78 is 2.26. The molecule has 28 heavy (non-hydrogen) atoms. The summed E-state index contributed by atoms with van der Waals surface area (Å²) >= 11 is 0. The Bertz CT molecular complexity index is 588. The summed E-state index contributed by atoms with van der Waals surface area (Å²) in [5, 5.41) is 3.69. The van der Waals surface area contributed by atoms with Gasteiger partial charge in [-0.3, -0.25) is 4.99 Å². The molecular weight excluding hydrogens is 463 g/mol. The Labute approximate surface area is 188 Å². The number of guanidine groups is 1. The first-order valence-electron chi connectivity index (χ1n) is 10.7. The third kappa shape index (κ3) is 6.34. The highest BCUT2D eigenvalue weighted by Gasteiger charge is 2.29. The van der Waals surface area contributed by atoms with Gasteiger partial charge in [0.15, 0.2) is 5.96 Å². The van der Waals surface area contributed by atoms with Gasteiger partial charge in [0.05, 0.1) is 12.4 Å². The molecule has 3 heterocycles. The van der Waals surface area contributed by atoms with E-state index in [-0.39, 0.29) is 24.0 Å². The summed E-state index contributed by atoms with van der Waals surface area (Å²) in [7, 11) is 1.92. The van der Waals surface area contributed by atoms with Crippen LogP contribution in [0.3, 0.4) is 0 Å². The van der Waals surface area contributed by atoms with Gasteiger partial charge in [0.25, 0.3) is 0 Å². The molecule has 160 valence electrons. The minimum atomic E-state index is 0. The molecule has 7 heteroatoms. The van der Waals surface area contributed by atoms with E-state index in [1.54, 1.807) is 0 Å². The summed E-state index contributed by atoms with van der Waals surface area (Å²) in [6.45, 7) is 13.8. The zero-order chi connectivity index (χ0) is 19.2. The van der Waals surface area contributed by atoms with Crippen LogP contribution in [0.15, 0.2) is 23.7 Å². The quantitative estimate of drug-likeness (QED) is 0.381. The minimum absolute atomic E-state index is 0. The lowest BCUT2D eigenvalue weighted by Crippen LogP contribution is -2.50. The van der Waals surface area contributed by atoms with Gasteiger partial charge >= 0.3 is 0 Å². The van der Waals surface area contributed by atoms with Crippen LogP contribution in [0.1, 0.15) is 46.1 Å². The predicted octanol–water partition coefficient (Wildman–Crippen LogP) is 3.33. The van der Waals surface area contributed by atoms with E-state index < -0.39 is 0 Å². The van der Waals surface area contributed by atoms with Crippen LogP contribution in [-0.2, 0) is 0 Å². The lowest BCUT2D eigenvalue weighted by atomic mass is 9.93. The molecule has 0 saturated carbocycles. The van der Waals surface area contributed by atoms with Gasteiger partial charge < -0.3 is 19.7 Å². The predicted molar refractivity (Wildman–Crippen MR) is 127 cm³/mol. The van der Waals surface area contributed by atoms with Crippen LogP contribution in [0.4, 0.5) is 0 Å². The largest absolute Gasteiger partial charge is 0.356 e. The first-order chi connectivity index (χ1) is 13.1. The molecule has 3 atom stereocenters. The number of hydrogen-bond donors (Lipinski definition) is 1. The van der Waals surface area contributed by atoms with Crippen molar-refractivity contribution in [1.29, 1.82) is 0 Å². The molecule has 0 bridgehead atoms. The number of piperidine rings is 2. The van der Waals surface area contributed by atoms with Gasteiger partial charge in [0.1, 0.15) is 0 Å². The van der Waals surface area contributed by atoms with E-state index in [2.05, 4.69) is 56.6 Å². The normalized spacial score (nSPS) is 27.0. The van der Waals surface area contributed by atoms with Gasteiger partial charge in [-0.15, -0.1) is 24.0 Å². The SMILES string of the molecule is CN=C(NCC1CCCN(CC(C)C)C1)N1CCC(C)C(n2ccnc2)C1.I. The third-order valence-corrected chi connectivity index (χ3v) is 6.11. The third-order valence-electron chi connectivity index (χ3n) is 6.11. The molecule has 0 radical (unpaired) electrons. The van der Waals surface area contributed by atoms with Crippen molar-refractivity contribution in [2.45, 2.75) is 46.1 Å². The van der Waals surface area contributed by atoms with E-state index in [4.69, 9.17) is 0 Å². The van der Waals surface area contributed by atoms with Gasteiger partial charge in [-0.2, -0.15) is 0 Å². The molecule has 0 aromatic carbocycles. The van der Waals surface area contributed by atoms with Crippen molar-refractivity contribution in [2.75, 3.05) is 46.3 Å². The Kier molecular flexibility index (Phi) is 9.53. The van der Waals surface area contributed by atoms with Gasteiger partial charge in [0, 0.05) is 52.2 Å². The van der Waals surface area contributed by atoms with Crippen molar-refractivity contribution in [3.63, 3.8) is 0 Å². The second kappa shape index (κ2) is 11.4. The first-order valence-corrected chi connectivity index (χ1v) is 10.7. The molecule has 2 aliphatic rings. The number of nitrogens with one attached hydrogen (secondary N) is 1. The maximum atomic E-state index is 4.60. The number of halogens is 1. The second-order valence-electron chi connectivity index (χ2n) is 8.88. The molecule has 0 aliphatic carbocycles. The van der Waals surface area contributed by atoms with Crippen LogP contribution in [0.5, 0.6) is 0 Å². The maximum absolute atomic E-state index is 4.60. The van der Waals surface area contributed by atoms with Crippen LogP contribution < -0.4 is 5.32 Å². The van der Waals surface area contributed by atoms with Gasteiger partial charge in [-0.05, 0) is 43.6 Å². The van der Waals surface area contributed by atoms with E-state index in [1.807, 2.05) is 19.6 Å². The fourth-order valence-electron chi connectivity index (χ4n) is 4.66. The molecule has 1 N–H and O–H groups in total. The van der Waals surface area contributed by atoms with Crippen molar-refractivity contribution in [2.24, 2.45) is 22.7 Å². The Morgan fingerprint density at radius 3 is 2.75 bits per heavy atom. The molecule has 6 nitrogen and oxygen atoms in total. The van der Waals surface area contributed by atoms with Crippen molar-refractivity contribution >= 4 is 29.9 Å². The summed E-state index contributed by atoms with van der Waals surface area (Å²) in [4.78, 5) is 13.9. The summed E-state index contributed by atoms with van der Waals surface area (Å²) in [5.41, 5.74) is 0. The minimum Gasteiger partial charge on any atom is -0.356 e. The number of likely N-dealkylation sites (tertiary alicyclic amines) is 2. The number of rotatable bonds is 5. The Morgan fingerprint density at radius 2 is 2.07 bits per heavy atom. The van der Waals surface area contributed by atoms with Crippen molar-refractivity contribution in [3.05, 3.63) is 18.7 Å². The number of hydrogen-bond acceptors (Lipinski definition) is 3. The number of nitrogens with zero attached hydrogens (tertiary/aromatic N) is 5. The molecule has 3 unspecified atom stereocenters. The molecule has 1 aromatic heterocycles. The fourth-order valence-corrected chi connectivity index (χ4v) is 4.66. The van der Waals surface area contributed by atoms with Crippen molar-refractivity contribution in [1.82, 2.24) is 24.7 Å². The van der Waals surface area contributed by atoms with E-state index in [1.165, 1.54) is 38.9 Å². The van der Waals surface area contributed by atoms with Crippen LogP contribution in [-0.4, -0.2) is 71.6 Å². The van der Waals surface area contributed by atoms with Crippen LogP contribution >= 0.6 is 24.0 Å². The van der Waals surface area contributed by atoms with E-state index in [9.17, 15) is 0 Å². The van der Waals surface area contributed by atoms with Crippen LogP contribution in [0, 0.1) is 17.8 Å². The van der Waals surface area contributed by atoms with E-state index >= 15 is 0 Å². The topological polar surface area (TPSA) is 48.7 Å². The monoisotopic (exact) mass is 502 g/mol. The maximum Gasteiger partial charge on any atom is 0.193 e. The Morgan fingerprint density at radius 1 is 1.25 bits per heavy atom. The van der Waals surface area contributed by atoms with Crippen LogP contribution in [0.2, 0.25) is 0 Å². The first kappa shape index (κ1) is 23.4. The average Bonchev–Trinajstić information content (AvgIpc) is 3.17. The van der Waals surface area contributed by atoms with Gasteiger partial charge in [0.2, 0.25) is 0 Å². The number of imidazole rings is 1. The average molecular weight is 502 g/mol. The van der Waals surface area contributed by atoms with E-state index in [0.29, 0.717) is 12.0 Å². The lowest BCUT2D eigenvalue weighted by Gasteiger charge is -2.40. The molecule has 2 saturated heterocycles. The molecule has 2 fully saturated rings. The Balaban J connectivity index is 0.00000280. The smallest absolute Gasteiger partial charge is 0.193 e. The highest BCUT2D eigenvalue weighted by Crippen LogP contribution is 2.27. The molecule has 0 amide bonds. The van der Waals surface area contributed by atoms with Gasteiger partial charge in [-0.25, -0.2) is 4.98 Å². The molecule has 2 aliphatic heterocycles.